The molecule has 0 spiro atoms. The predicted molar refractivity (Wildman–Crippen MR) is 70.2 cm³/mol. The van der Waals surface area contributed by atoms with Crippen LogP contribution in [0.5, 0.6) is 5.75 Å². The molecule has 2 aromatic rings. The second-order valence-electron chi connectivity index (χ2n) is 4.56. The zero-order valence-electron chi connectivity index (χ0n) is 11.5. The van der Waals surface area contributed by atoms with E-state index in [0.29, 0.717) is 12.1 Å². The van der Waals surface area contributed by atoms with E-state index in [9.17, 15) is 36.5 Å². The molecule has 0 fully saturated rings. The Balaban J connectivity index is 2.50. The van der Waals surface area contributed by atoms with Crippen molar-refractivity contribution < 1.29 is 36.0 Å². The van der Waals surface area contributed by atoms with Crippen LogP contribution >= 0.6 is 0 Å². The Morgan fingerprint density at radius 2 is 1.50 bits per heavy atom. The Labute approximate surface area is 130 Å². The number of benzene rings is 2. The van der Waals surface area contributed by atoms with E-state index in [4.69, 9.17) is 0 Å². The molecule has 0 amide bonds. The van der Waals surface area contributed by atoms with Crippen molar-refractivity contribution in [3.63, 3.8) is 0 Å². The molecule has 2 aromatic carbocycles. The fourth-order valence-corrected chi connectivity index (χ4v) is 1.94. The van der Waals surface area contributed by atoms with E-state index in [0.717, 1.165) is 30.3 Å². The molecule has 0 heterocycles. The van der Waals surface area contributed by atoms with Crippen molar-refractivity contribution in [1.29, 1.82) is 0 Å². The second kappa shape index (κ2) is 6.02. The molecule has 4 nitrogen and oxygen atoms in total. The number of nitrogens with zero attached hydrogens (tertiary/aromatic N) is 1. The molecule has 0 bridgehead atoms. The molecule has 0 unspecified atom stereocenters. The number of hydrogen-bond donors (Lipinski definition) is 0. The monoisotopic (exact) mass is 351 g/mol. The van der Waals surface area contributed by atoms with E-state index < -0.39 is 34.5 Å². The van der Waals surface area contributed by atoms with Crippen LogP contribution < -0.4 is 4.74 Å². The van der Waals surface area contributed by atoms with Crippen molar-refractivity contribution in [3.05, 3.63) is 58.1 Å². The van der Waals surface area contributed by atoms with Crippen LogP contribution in [0.1, 0.15) is 5.56 Å². The molecule has 24 heavy (non-hydrogen) atoms. The first kappa shape index (κ1) is 17.6. The molecule has 0 saturated heterocycles. The summed E-state index contributed by atoms with van der Waals surface area (Å²) in [6.07, 6.45) is -9.61. The Morgan fingerprint density at radius 1 is 0.917 bits per heavy atom. The van der Waals surface area contributed by atoms with Gasteiger partial charge >= 0.3 is 12.5 Å². The average molecular weight is 351 g/mol. The quantitative estimate of drug-likeness (QED) is 0.435. The molecule has 0 aromatic heterocycles. The number of rotatable bonds is 3. The molecule has 2 rings (SSSR count). The van der Waals surface area contributed by atoms with Gasteiger partial charge in [-0.1, -0.05) is 12.1 Å². The molecule has 128 valence electrons. The zero-order chi connectivity index (χ0) is 18.1. The highest BCUT2D eigenvalue weighted by molar-refractivity contribution is 5.75. The van der Waals surface area contributed by atoms with E-state index in [1.807, 2.05) is 0 Å². The largest absolute Gasteiger partial charge is 0.573 e. The Hall–Kier alpha value is -2.78. The molecule has 0 radical (unpaired) electrons. The summed E-state index contributed by atoms with van der Waals surface area (Å²) in [5.41, 5.74) is -1.90. The van der Waals surface area contributed by atoms with Crippen molar-refractivity contribution in [2.45, 2.75) is 12.5 Å². The molecule has 0 aliphatic rings. The van der Waals surface area contributed by atoms with Gasteiger partial charge in [0.25, 0.3) is 5.69 Å². The summed E-state index contributed by atoms with van der Waals surface area (Å²) in [6.45, 7) is 0. The van der Waals surface area contributed by atoms with Crippen LogP contribution in [0.15, 0.2) is 42.5 Å². The summed E-state index contributed by atoms with van der Waals surface area (Å²) in [7, 11) is 0. The molecule has 0 atom stereocenters. The van der Waals surface area contributed by atoms with Gasteiger partial charge in [-0.15, -0.1) is 13.2 Å². The minimum Gasteiger partial charge on any atom is -0.406 e. The molecule has 0 aliphatic heterocycles. The van der Waals surface area contributed by atoms with Crippen LogP contribution in [0.3, 0.4) is 0 Å². The Morgan fingerprint density at radius 3 is 1.96 bits per heavy atom. The van der Waals surface area contributed by atoms with Gasteiger partial charge in [-0.05, 0) is 29.8 Å². The minimum absolute atomic E-state index is 0.0534. The molecule has 10 heteroatoms. The maximum atomic E-state index is 12.5. The van der Waals surface area contributed by atoms with Crippen LogP contribution in [-0.2, 0) is 6.18 Å². The first-order valence-corrected chi connectivity index (χ1v) is 6.19. The van der Waals surface area contributed by atoms with E-state index in [1.54, 1.807) is 0 Å². The van der Waals surface area contributed by atoms with Crippen LogP contribution in [-0.4, -0.2) is 11.3 Å². The Bertz CT molecular complexity index is 753. The van der Waals surface area contributed by atoms with Crippen molar-refractivity contribution in [2.24, 2.45) is 0 Å². The maximum absolute atomic E-state index is 12.5. The van der Waals surface area contributed by atoms with Crippen molar-refractivity contribution in [2.75, 3.05) is 0 Å². The number of alkyl halides is 6. The number of nitro benzene ring substituents is 1. The van der Waals surface area contributed by atoms with E-state index in [2.05, 4.69) is 4.74 Å². The van der Waals surface area contributed by atoms with Gasteiger partial charge in [0.2, 0.25) is 0 Å². The van der Waals surface area contributed by atoms with Gasteiger partial charge in [0.1, 0.15) is 5.75 Å². The fourth-order valence-electron chi connectivity index (χ4n) is 1.94. The number of hydrogen-bond acceptors (Lipinski definition) is 3. The van der Waals surface area contributed by atoms with Crippen LogP contribution in [0.2, 0.25) is 0 Å². The predicted octanol–water partition coefficient (Wildman–Crippen LogP) is 5.18. The summed E-state index contributed by atoms with van der Waals surface area (Å²) in [6, 6.07) is 5.50. The first-order valence-electron chi connectivity index (χ1n) is 6.19. The second-order valence-corrected chi connectivity index (χ2v) is 4.56. The molecule has 0 aliphatic carbocycles. The lowest BCUT2D eigenvalue weighted by atomic mass is 10.0. The topological polar surface area (TPSA) is 52.4 Å². The third-order valence-electron chi connectivity index (χ3n) is 2.92. The van der Waals surface area contributed by atoms with Crippen molar-refractivity contribution in [1.82, 2.24) is 0 Å². The van der Waals surface area contributed by atoms with Crippen LogP contribution in [0.25, 0.3) is 11.1 Å². The Kier molecular flexibility index (Phi) is 4.41. The van der Waals surface area contributed by atoms with E-state index in [-0.39, 0.29) is 11.1 Å². The summed E-state index contributed by atoms with van der Waals surface area (Å²) in [4.78, 5) is 10.1. The lowest BCUT2D eigenvalue weighted by Gasteiger charge is -2.11. The van der Waals surface area contributed by atoms with E-state index >= 15 is 0 Å². The van der Waals surface area contributed by atoms with Gasteiger partial charge in [-0.3, -0.25) is 10.1 Å². The standard InChI is InChI=1S/C14H7F6NO3/c15-13(16,17)9-3-1-8(2-4-9)11-7-10(24-14(18,19)20)5-6-12(11)21(22)23/h1-7H. The summed E-state index contributed by atoms with van der Waals surface area (Å²) in [5, 5.41) is 11.0. The minimum atomic E-state index is -5.01. The molecule has 0 N–H and O–H groups in total. The maximum Gasteiger partial charge on any atom is 0.573 e. The fraction of sp³-hybridized carbons (Fsp3) is 0.143. The molecular formula is C14H7F6NO3. The van der Waals surface area contributed by atoms with Crippen molar-refractivity contribution in [3.8, 4) is 16.9 Å². The van der Waals surface area contributed by atoms with Gasteiger partial charge in [-0.2, -0.15) is 13.2 Å². The summed E-state index contributed by atoms with van der Waals surface area (Å²) >= 11 is 0. The van der Waals surface area contributed by atoms with Gasteiger partial charge in [0.15, 0.2) is 0 Å². The van der Waals surface area contributed by atoms with Crippen LogP contribution in [0.4, 0.5) is 32.0 Å². The lowest BCUT2D eigenvalue weighted by molar-refractivity contribution is -0.384. The highest BCUT2D eigenvalue weighted by Gasteiger charge is 2.32. The summed E-state index contributed by atoms with van der Waals surface area (Å²) in [5.74, 6) is -0.719. The third kappa shape index (κ3) is 4.15. The highest BCUT2D eigenvalue weighted by atomic mass is 19.4. The summed E-state index contributed by atoms with van der Waals surface area (Å²) < 4.78 is 78.0. The number of nitro groups is 1. The number of ether oxygens (including phenoxy) is 1. The van der Waals surface area contributed by atoms with Gasteiger partial charge in [0.05, 0.1) is 16.1 Å². The zero-order valence-corrected chi connectivity index (χ0v) is 11.5. The van der Waals surface area contributed by atoms with Crippen molar-refractivity contribution >= 4 is 5.69 Å². The van der Waals surface area contributed by atoms with Gasteiger partial charge in [-0.25, -0.2) is 0 Å². The van der Waals surface area contributed by atoms with Gasteiger partial charge < -0.3 is 4.74 Å². The number of halogens is 6. The molecular weight excluding hydrogens is 344 g/mol. The van der Waals surface area contributed by atoms with Crippen LogP contribution in [0, 0.1) is 10.1 Å². The third-order valence-corrected chi connectivity index (χ3v) is 2.92. The SMILES string of the molecule is O=[N+]([O-])c1ccc(OC(F)(F)F)cc1-c1ccc(C(F)(F)F)cc1. The first-order chi connectivity index (χ1) is 11.0. The lowest BCUT2D eigenvalue weighted by Crippen LogP contribution is -2.17. The molecule has 0 saturated carbocycles. The normalized spacial score (nSPS) is 12.1. The highest BCUT2D eigenvalue weighted by Crippen LogP contribution is 2.37. The smallest absolute Gasteiger partial charge is 0.406 e. The van der Waals surface area contributed by atoms with E-state index in [1.165, 1.54) is 0 Å². The average Bonchev–Trinajstić information content (AvgIpc) is 2.44. The van der Waals surface area contributed by atoms with Gasteiger partial charge in [0, 0.05) is 6.07 Å².